The normalized spacial score (nSPS) is 22.1. The Kier molecular flexibility index (Phi) is 6.53. The van der Waals surface area contributed by atoms with Gasteiger partial charge in [0.25, 0.3) is 0 Å². The molecule has 0 aliphatic heterocycles. The van der Waals surface area contributed by atoms with E-state index in [2.05, 4.69) is 4.98 Å². The molecule has 3 aliphatic carbocycles. The summed E-state index contributed by atoms with van der Waals surface area (Å²) in [4.78, 5) is 31.8. The molecule has 2 unspecified atom stereocenters. The van der Waals surface area contributed by atoms with Crippen molar-refractivity contribution in [2.24, 2.45) is 11.8 Å². The van der Waals surface area contributed by atoms with Gasteiger partial charge in [-0.3, -0.25) is 4.79 Å². The van der Waals surface area contributed by atoms with Gasteiger partial charge in [-0.15, -0.1) is 11.3 Å². The number of fused-ring (bicyclic) bond motifs is 4. The van der Waals surface area contributed by atoms with E-state index in [4.69, 9.17) is 9.47 Å². The smallest absolute Gasteiger partial charge is 0.336 e. The Balaban J connectivity index is 1.54. The Hall–Kier alpha value is -3.49. The van der Waals surface area contributed by atoms with Crippen LogP contribution in [0, 0.1) is 23.5 Å². The summed E-state index contributed by atoms with van der Waals surface area (Å²) in [6, 6.07) is 7.48. The molecule has 2 aromatic carbocycles. The second-order valence-electron chi connectivity index (χ2n) is 9.80. The van der Waals surface area contributed by atoms with E-state index in [0.717, 1.165) is 22.8 Å². The summed E-state index contributed by atoms with van der Waals surface area (Å²) in [5.41, 5.74) is 5.71. The van der Waals surface area contributed by atoms with Gasteiger partial charge in [-0.25, -0.2) is 18.6 Å². The Morgan fingerprint density at radius 1 is 1.21 bits per heavy atom. The molecule has 1 saturated carbocycles. The fourth-order valence-electron chi connectivity index (χ4n) is 5.55. The van der Waals surface area contributed by atoms with Gasteiger partial charge in [0.15, 0.2) is 12.6 Å². The zero-order valence-corrected chi connectivity index (χ0v) is 21.5. The molecule has 5 nitrogen and oxygen atoms in total. The lowest BCUT2D eigenvalue weighted by Crippen LogP contribution is -2.23. The largest absolute Gasteiger partial charge is 0.435 e. The van der Waals surface area contributed by atoms with Crippen LogP contribution in [0.5, 0.6) is 0 Å². The van der Waals surface area contributed by atoms with E-state index in [1.54, 1.807) is 18.5 Å². The maximum absolute atomic E-state index is 14.7. The highest BCUT2D eigenvalue weighted by molar-refractivity contribution is 7.16. The van der Waals surface area contributed by atoms with Gasteiger partial charge in [-0.2, -0.15) is 0 Å². The highest BCUT2D eigenvalue weighted by Crippen LogP contribution is 2.51. The van der Waals surface area contributed by atoms with Crippen molar-refractivity contribution >= 4 is 38.9 Å². The lowest BCUT2D eigenvalue weighted by atomic mass is 9.73. The van der Waals surface area contributed by atoms with Crippen molar-refractivity contribution in [3.63, 3.8) is 0 Å². The molecule has 6 rings (SSSR count). The third-order valence-electron chi connectivity index (χ3n) is 7.51. The minimum atomic E-state index is -0.646. The Morgan fingerprint density at radius 3 is 2.89 bits per heavy atom. The fraction of sp³-hybridized carbons (Fsp3) is 0.300. The fourth-order valence-corrected chi connectivity index (χ4v) is 6.24. The molecule has 0 spiro atoms. The molecular formula is C30H25F2NO4S. The number of aromatic nitrogens is 1. The number of hydrogen-bond acceptors (Lipinski definition) is 6. The molecule has 1 fully saturated rings. The van der Waals surface area contributed by atoms with Gasteiger partial charge >= 0.3 is 5.97 Å². The number of Topliss-reactive ketones (excluding diaryl/α,β-unsaturated/α-hetero) is 1. The number of rotatable bonds is 7. The van der Waals surface area contributed by atoms with Gasteiger partial charge in [-0.05, 0) is 61.3 Å². The Morgan fingerprint density at radius 2 is 2.08 bits per heavy atom. The molecule has 194 valence electrons. The first-order valence-electron chi connectivity index (χ1n) is 12.7. The zero-order chi connectivity index (χ0) is 26.4. The predicted octanol–water partition coefficient (Wildman–Crippen LogP) is 6.30. The molecular weight excluding hydrogens is 508 g/mol. The van der Waals surface area contributed by atoms with Crippen LogP contribution >= 0.6 is 11.3 Å². The van der Waals surface area contributed by atoms with Crippen LogP contribution in [0.2, 0.25) is 0 Å². The standard InChI is InChI=1S/C30H25F2NO4S/c1-2-36-15-37-30(35)23-12-18(10-17-6-7-19(31)13-24(17)32)20-8-9-25-28(33-14-38-25)27(20)26(23)21-5-3-4-16-11-22(16)29(21)34/h3-9,13-14,16,18,22H,2,10-12,15H2,1H3/t16-,18?,22?/m0/s1. The van der Waals surface area contributed by atoms with E-state index in [1.165, 1.54) is 23.5 Å². The molecule has 3 atom stereocenters. The van der Waals surface area contributed by atoms with Crippen LogP contribution < -0.4 is 0 Å². The topological polar surface area (TPSA) is 65.5 Å². The summed E-state index contributed by atoms with van der Waals surface area (Å²) in [6.07, 6.45) is 6.97. The number of hydrogen-bond donors (Lipinski definition) is 0. The maximum Gasteiger partial charge on any atom is 0.336 e. The molecule has 0 saturated heterocycles. The number of ketones is 1. The number of esters is 1. The summed E-state index contributed by atoms with van der Waals surface area (Å²) in [6.45, 7) is 1.97. The highest BCUT2D eigenvalue weighted by Gasteiger charge is 2.45. The zero-order valence-electron chi connectivity index (χ0n) is 20.7. The first kappa shape index (κ1) is 24.8. The lowest BCUT2D eigenvalue weighted by Gasteiger charge is -2.30. The van der Waals surface area contributed by atoms with Crippen molar-refractivity contribution in [3.8, 4) is 0 Å². The SMILES string of the molecule is CCOCOC(=O)C1=C(C2=CC=C[C@H]3CC3C2=O)c2c(ccc3scnc23)C(Cc2ccc(F)cc2F)C1. The molecule has 0 bridgehead atoms. The molecule has 1 aromatic heterocycles. The molecule has 1 heterocycles. The van der Waals surface area contributed by atoms with Crippen molar-refractivity contribution in [3.05, 3.63) is 93.5 Å². The van der Waals surface area contributed by atoms with E-state index in [-0.39, 0.29) is 43.2 Å². The third kappa shape index (κ3) is 4.41. The molecule has 3 aliphatic rings. The molecule has 0 radical (unpaired) electrons. The first-order chi connectivity index (χ1) is 18.5. The Labute approximate surface area is 222 Å². The lowest BCUT2D eigenvalue weighted by molar-refractivity contribution is -0.151. The van der Waals surface area contributed by atoms with Crippen molar-refractivity contribution in [2.75, 3.05) is 13.4 Å². The van der Waals surface area contributed by atoms with Crippen molar-refractivity contribution in [1.82, 2.24) is 4.98 Å². The molecule has 0 N–H and O–H groups in total. The van der Waals surface area contributed by atoms with Crippen molar-refractivity contribution in [1.29, 1.82) is 0 Å². The van der Waals surface area contributed by atoms with Gasteiger partial charge in [0.1, 0.15) is 11.6 Å². The van der Waals surface area contributed by atoms with Crippen LogP contribution in [0.25, 0.3) is 15.8 Å². The van der Waals surface area contributed by atoms with Crippen LogP contribution in [0.1, 0.15) is 42.4 Å². The second-order valence-corrected chi connectivity index (χ2v) is 10.7. The van der Waals surface area contributed by atoms with Gasteiger partial charge in [-0.1, -0.05) is 30.4 Å². The first-order valence-corrected chi connectivity index (χ1v) is 13.6. The summed E-state index contributed by atoms with van der Waals surface area (Å²) in [7, 11) is 0. The maximum atomic E-state index is 14.7. The monoisotopic (exact) mass is 533 g/mol. The van der Waals surface area contributed by atoms with E-state index >= 15 is 0 Å². The average molecular weight is 534 g/mol. The van der Waals surface area contributed by atoms with E-state index in [1.807, 2.05) is 24.3 Å². The van der Waals surface area contributed by atoms with Crippen LogP contribution in [-0.2, 0) is 25.5 Å². The molecule has 3 aromatic rings. The minimum absolute atomic E-state index is 0.00585. The third-order valence-corrected chi connectivity index (χ3v) is 8.31. The Bertz CT molecular complexity index is 1550. The number of thiazole rings is 1. The number of carbonyl (C=O) groups excluding carboxylic acids is 2. The summed E-state index contributed by atoms with van der Waals surface area (Å²) in [5, 5.41) is 0. The summed E-state index contributed by atoms with van der Waals surface area (Å²) >= 11 is 1.47. The number of carbonyl (C=O) groups is 2. The van der Waals surface area contributed by atoms with Crippen molar-refractivity contribution < 1.29 is 27.8 Å². The predicted molar refractivity (Wildman–Crippen MR) is 140 cm³/mol. The van der Waals surface area contributed by atoms with Crippen LogP contribution in [0.4, 0.5) is 8.78 Å². The van der Waals surface area contributed by atoms with Gasteiger partial charge < -0.3 is 9.47 Å². The number of allylic oxidation sites excluding steroid dienone is 5. The van der Waals surface area contributed by atoms with E-state index < -0.39 is 17.6 Å². The molecule has 0 amide bonds. The van der Waals surface area contributed by atoms with Crippen LogP contribution in [0.15, 0.2) is 65.2 Å². The summed E-state index contributed by atoms with van der Waals surface area (Å²) < 4.78 is 40.0. The number of ether oxygens (including phenoxy) is 2. The molecule has 38 heavy (non-hydrogen) atoms. The van der Waals surface area contributed by atoms with Gasteiger partial charge in [0.05, 0.1) is 15.7 Å². The quantitative estimate of drug-likeness (QED) is 0.203. The van der Waals surface area contributed by atoms with Gasteiger partial charge in [0, 0.05) is 40.9 Å². The van der Waals surface area contributed by atoms with E-state index in [0.29, 0.717) is 40.0 Å². The average Bonchev–Trinajstić information content (AvgIpc) is 3.55. The molecule has 8 heteroatoms. The van der Waals surface area contributed by atoms with Crippen LogP contribution in [0.3, 0.4) is 0 Å². The number of nitrogens with zero attached hydrogens (tertiary/aromatic N) is 1. The number of halogens is 2. The van der Waals surface area contributed by atoms with Crippen molar-refractivity contribution in [2.45, 2.75) is 32.1 Å². The minimum Gasteiger partial charge on any atom is -0.435 e. The second kappa shape index (κ2) is 10.0. The van der Waals surface area contributed by atoms with E-state index in [9.17, 15) is 18.4 Å². The van der Waals surface area contributed by atoms with Crippen LogP contribution in [-0.4, -0.2) is 30.1 Å². The highest BCUT2D eigenvalue weighted by atomic mass is 32.1. The summed E-state index contributed by atoms with van der Waals surface area (Å²) in [5.74, 6) is -2.05. The van der Waals surface area contributed by atoms with Gasteiger partial charge in [0.2, 0.25) is 0 Å². The number of benzene rings is 2.